The molecule has 0 aromatic heterocycles. The number of nitrogens with one attached hydrogen (secondary N) is 1. The van der Waals surface area contributed by atoms with Crippen molar-refractivity contribution in [1.82, 2.24) is 15.1 Å². The number of hydrogen-bond donors (Lipinski definition) is 1. The van der Waals surface area contributed by atoms with E-state index in [-0.39, 0.29) is 0 Å². The van der Waals surface area contributed by atoms with Crippen molar-refractivity contribution in [3.05, 3.63) is 0 Å². The smallest absolute Gasteiger partial charge is 0.224 e. The number of amides is 1. The Kier molecular flexibility index (Phi) is 6.07. The van der Waals surface area contributed by atoms with E-state index in [0.717, 1.165) is 58.9 Å². The van der Waals surface area contributed by atoms with Crippen LogP contribution in [0.5, 0.6) is 0 Å². The molecule has 2 rings (SSSR count). The van der Waals surface area contributed by atoms with Crippen LogP contribution in [0.4, 0.5) is 0 Å². The topological polar surface area (TPSA) is 44.8 Å². The summed E-state index contributed by atoms with van der Waals surface area (Å²) in [5, 5.41) is 3.40. The molecular formula is C14H27N3O2. The van der Waals surface area contributed by atoms with Crippen molar-refractivity contribution in [2.75, 3.05) is 52.5 Å². The van der Waals surface area contributed by atoms with Gasteiger partial charge in [-0.3, -0.25) is 9.69 Å². The summed E-state index contributed by atoms with van der Waals surface area (Å²) in [7, 11) is 0. The van der Waals surface area contributed by atoms with Gasteiger partial charge in [-0.2, -0.15) is 0 Å². The third kappa shape index (κ3) is 4.75. The molecule has 2 fully saturated rings. The van der Waals surface area contributed by atoms with Crippen LogP contribution in [0.25, 0.3) is 0 Å². The van der Waals surface area contributed by atoms with Gasteiger partial charge in [0, 0.05) is 51.8 Å². The Morgan fingerprint density at radius 1 is 1.32 bits per heavy atom. The quantitative estimate of drug-likeness (QED) is 0.705. The minimum atomic E-state index is 0.323. The highest BCUT2D eigenvalue weighted by Crippen LogP contribution is 2.12. The second-order valence-electron chi connectivity index (χ2n) is 5.42. The molecular weight excluding hydrogens is 242 g/mol. The molecule has 0 spiro atoms. The lowest BCUT2D eigenvalue weighted by molar-refractivity contribution is -0.133. The summed E-state index contributed by atoms with van der Waals surface area (Å²) >= 11 is 0. The highest BCUT2D eigenvalue weighted by molar-refractivity contribution is 5.77. The number of carbonyl (C=O) groups is 1. The Hall–Kier alpha value is -0.650. The average Bonchev–Trinajstić information content (AvgIpc) is 2.93. The van der Waals surface area contributed by atoms with E-state index >= 15 is 0 Å². The second-order valence-corrected chi connectivity index (χ2v) is 5.42. The Balaban J connectivity index is 1.63. The lowest BCUT2D eigenvalue weighted by atomic mass is 10.1. The predicted octanol–water partition coefficient (Wildman–Crippen LogP) is 0.309. The van der Waals surface area contributed by atoms with Gasteiger partial charge in [0.1, 0.15) is 0 Å². The maximum Gasteiger partial charge on any atom is 0.224 e. The maximum atomic E-state index is 12.2. The summed E-state index contributed by atoms with van der Waals surface area (Å²) < 4.78 is 5.37. The minimum absolute atomic E-state index is 0.323. The summed E-state index contributed by atoms with van der Waals surface area (Å²) in [6.07, 6.45) is 3.04. The normalized spacial score (nSPS) is 24.9. The maximum absolute atomic E-state index is 12.2. The lowest BCUT2D eigenvalue weighted by Gasteiger charge is -2.35. The summed E-state index contributed by atoms with van der Waals surface area (Å²) in [5.74, 6) is 0.323. The van der Waals surface area contributed by atoms with E-state index in [1.807, 2.05) is 11.8 Å². The molecule has 1 atom stereocenters. The van der Waals surface area contributed by atoms with E-state index in [0.29, 0.717) is 18.4 Å². The molecule has 19 heavy (non-hydrogen) atoms. The fourth-order valence-electron chi connectivity index (χ4n) is 2.83. The lowest BCUT2D eigenvalue weighted by Crippen LogP contribution is -2.50. The zero-order valence-electron chi connectivity index (χ0n) is 12.1. The van der Waals surface area contributed by atoms with Crippen LogP contribution in [-0.4, -0.2) is 74.2 Å². The first-order valence-corrected chi connectivity index (χ1v) is 7.61. The van der Waals surface area contributed by atoms with E-state index in [4.69, 9.17) is 4.74 Å². The molecule has 2 aliphatic rings. The number of carbonyl (C=O) groups excluding carboxylic acids is 1. The van der Waals surface area contributed by atoms with Gasteiger partial charge < -0.3 is 15.0 Å². The molecule has 0 aliphatic carbocycles. The van der Waals surface area contributed by atoms with Crippen molar-refractivity contribution in [2.45, 2.75) is 32.2 Å². The molecule has 0 aromatic rings. The molecule has 2 aliphatic heterocycles. The van der Waals surface area contributed by atoms with Crippen molar-refractivity contribution in [1.29, 1.82) is 0 Å². The molecule has 2 saturated heterocycles. The van der Waals surface area contributed by atoms with Crippen LogP contribution in [0.3, 0.4) is 0 Å². The molecule has 0 aromatic carbocycles. The summed E-state index contributed by atoms with van der Waals surface area (Å²) in [5.41, 5.74) is 0. The first kappa shape index (κ1) is 14.8. The van der Waals surface area contributed by atoms with E-state index in [9.17, 15) is 4.79 Å². The summed E-state index contributed by atoms with van der Waals surface area (Å²) in [6, 6.07) is 0.420. The molecule has 0 bridgehead atoms. The first-order valence-electron chi connectivity index (χ1n) is 7.61. The Labute approximate surface area is 116 Å². The fraction of sp³-hybridized carbons (Fsp3) is 0.929. The van der Waals surface area contributed by atoms with Gasteiger partial charge in [-0.1, -0.05) is 0 Å². The molecule has 5 heteroatoms. The highest BCUT2D eigenvalue weighted by Gasteiger charge is 2.24. The van der Waals surface area contributed by atoms with Crippen LogP contribution in [0.15, 0.2) is 0 Å². The fourth-order valence-corrected chi connectivity index (χ4v) is 2.83. The monoisotopic (exact) mass is 269 g/mol. The SMILES string of the molecule is CCOCCN1CCN(C(=O)CC2CCCN2)CC1. The van der Waals surface area contributed by atoms with Gasteiger partial charge in [-0.25, -0.2) is 0 Å². The number of rotatable bonds is 6. The van der Waals surface area contributed by atoms with Crippen LogP contribution >= 0.6 is 0 Å². The molecule has 2 heterocycles. The molecule has 0 saturated carbocycles. The van der Waals surface area contributed by atoms with Crippen molar-refractivity contribution >= 4 is 5.91 Å². The molecule has 1 amide bonds. The van der Waals surface area contributed by atoms with E-state index in [1.54, 1.807) is 0 Å². The van der Waals surface area contributed by atoms with Crippen LogP contribution in [0, 0.1) is 0 Å². The second kappa shape index (κ2) is 7.82. The molecule has 1 unspecified atom stereocenters. The summed E-state index contributed by atoms with van der Waals surface area (Å²) in [4.78, 5) is 16.6. The Morgan fingerprint density at radius 3 is 2.74 bits per heavy atom. The third-order valence-electron chi connectivity index (χ3n) is 4.06. The van der Waals surface area contributed by atoms with E-state index in [1.165, 1.54) is 6.42 Å². The number of ether oxygens (including phenoxy) is 1. The van der Waals surface area contributed by atoms with Gasteiger partial charge in [0.15, 0.2) is 0 Å². The third-order valence-corrected chi connectivity index (χ3v) is 4.06. The van der Waals surface area contributed by atoms with Gasteiger partial charge >= 0.3 is 0 Å². The number of nitrogens with zero attached hydrogens (tertiary/aromatic N) is 2. The van der Waals surface area contributed by atoms with Crippen LogP contribution in [-0.2, 0) is 9.53 Å². The van der Waals surface area contributed by atoms with Gasteiger partial charge in [-0.15, -0.1) is 0 Å². The Morgan fingerprint density at radius 2 is 2.11 bits per heavy atom. The standard InChI is InChI=1S/C14H27N3O2/c1-2-19-11-10-16-6-8-17(9-7-16)14(18)12-13-4-3-5-15-13/h13,15H,2-12H2,1H3. The van der Waals surface area contributed by atoms with E-state index in [2.05, 4.69) is 10.2 Å². The van der Waals surface area contributed by atoms with Gasteiger partial charge in [0.05, 0.1) is 6.61 Å². The van der Waals surface area contributed by atoms with Crippen molar-refractivity contribution < 1.29 is 9.53 Å². The first-order chi connectivity index (χ1) is 9.29. The van der Waals surface area contributed by atoms with Crippen molar-refractivity contribution in [2.24, 2.45) is 0 Å². The predicted molar refractivity (Wildman–Crippen MR) is 75.2 cm³/mol. The molecule has 5 nitrogen and oxygen atoms in total. The van der Waals surface area contributed by atoms with Crippen LogP contribution < -0.4 is 5.32 Å². The van der Waals surface area contributed by atoms with Gasteiger partial charge in [0.25, 0.3) is 0 Å². The van der Waals surface area contributed by atoms with E-state index < -0.39 is 0 Å². The van der Waals surface area contributed by atoms with Crippen molar-refractivity contribution in [3.63, 3.8) is 0 Å². The van der Waals surface area contributed by atoms with Crippen LogP contribution in [0.1, 0.15) is 26.2 Å². The summed E-state index contributed by atoms with van der Waals surface area (Å²) in [6.45, 7) is 9.38. The van der Waals surface area contributed by atoms with Crippen LogP contribution in [0.2, 0.25) is 0 Å². The Bertz CT molecular complexity index is 272. The molecule has 110 valence electrons. The average molecular weight is 269 g/mol. The zero-order valence-corrected chi connectivity index (χ0v) is 12.1. The zero-order chi connectivity index (χ0) is 13.5. The van der Waals surface area contributed by atoms with Crippen molar-refractivity contribution in [3.8, 4) is 0 Å². The largest absolute Gasteiger partial charge is 0.380 e. The van der Waals surface area contributed by atoms with Gasteiger partial charge in [0.2, 0.25) is 5.91 Å². The number of hydrogen-bond acceptors (Lipinski definition) is 4. The molecule has 1 N–H and O–H groups in total. The van der Waals surface area contributed by atoms with Gasteiger partial charge in [-0.05, 0) is 26.3 Å². The minimum Gasteiger partial charge on any atom is -0.380 e. The molecule has 0 radical (unpaired) electrons. The number of piperazine rings is 1. The highest BCUT2D eigenvalue weighted by atomic mass is 16.5.